The third-order valence-corrected chi connectivity index (χ3v) is 6.37. The Morgan fingerprint density at radius 3 is 1.55 bits per heavy atom. The lowest BCUT2D eigenvalue weighted by Gasteiger charge is -2.06. The first kappa shape index (κ1) is 29.3. The van der Waals surface area contributed by atoms with Gasteiger partial charge in [-0.05, 0) is 59.7 Å². The van der Waals surface area contributed by atoms with Crippen molar-refractivity contribution in [3.63, 3.8) is 0 Å². The van der Waals surface area contributed by atoms with Gasteiger partial charge in [0.15, 0.2) is 10.9 Å². The standard InChI is InChI=1S/C19H14O6.C15H10O4/c1-11(20)24-14-5-3-13(4-6-14)17-10-23-18-9-15(25-12(2)21)7-8-16(18)19(17)22;16-10-3-1-9(2-4-10)13-8-19-14-7-11(17)5-6-12(14)15(13)18/h3-10H,1-2H3;1-8,16-17H. The molecule has 0 aliphatic carbocycles. The van der Waals surface area contributed by atoms with Crippen LogP contribution in [-0.2, 0) is 9.59 Å². The highest BCUT2D eigenvalue weighted by Gasteiger charge is 2.12. The minimum absolute atomic E-state index is 0.0491. The zero-order valence-corrected chi connectivity index (χ0v) is 23.4. The first-order chi connectivity index (χ1) is 21.1. The van der Waals surface area contributed by atoms with E-state index in [-0.39, 0.29) is 22.4 Å². The third-order valence-electron chi connectivity index (χ3n) is 6.37. The zero-order valence-electron chi connectivity index (χ0n) is 23.4. The molecule has 0 aliphatic heterocycles. The predicted octanol–water partition coefficient (Wildman–Crippen LogP) is 6.18. The van der Waals surface area contributed by atoms with E-state index in [1.54, 1.807) is 42.5 Å². The summed E-state index contributed by atoms with van der Waals surface area (Å²) in [7, 11) is 0. The number of phenols is 2. The van der Waals surface area contributed by atoms with Crippen molar-refractivity contribution in [2.24, 2.45) is 0 Å². The second-order valence-corrected chi connectivity index (χ2v) is 9.55. The van der Waals surface area contributed by atoms with Gasteiger partial charge in [-0.2, -0.15) is 0 Å². The molecule has 2 N–H and O–H groups in total. The number of ether oxygens (including phenoxy) is 2. The number of hydrogen-bond donors (Lipinski definition) is 2. The molecule has 2 heterocycles. The summed E-state index contributed by atoms with van der Waals surface area (Å²) in [6.07, 6.45) is 2.71. The van der Waals surface area contributed by atoms with Gasteiger partial charge in [0.1, 0.15) is 46.7 Å². The second-order valence-electron chi connectivity index (χ2n) is 9.55. The Balaban J connectivity index is 0.000000181. The molecule has 0 unspecified atom stereocenters. The Labute approximate surface area is 249 Å². The van der Waals surface area contributed by atoms with E-state index >= 15 is 0 Å². The average Bonchev–Trinajstić information content (AvgIpc) is 2.98. The normalized spacial score (nSPS) is 10.6. The lowest BCUT2D eigenvalue weighted by molar-refractivity contribution is -0.132. The van der Waals surface area contributed by atoms with Crippen LogP contribution in [-0.4, -0.2) is 22.2 Å². The second kappa shape index (κ2) is 12.4. The van der Waals surface area contributed by atoms with Crippen molar-refractivity contribution >= 4 is 33.9 Å². The molecule has 6 rings (SSSR count). The summed E-state index contributed by atoms with van der Waals surface area (Å²) >= 11 is 0. The van der Waals surface area contributed by atoms with Crippen LogP contribution < -0.4 is 20.3 Å². The molecule has 6 aromatic rings. The van der Waals surface area contributed by atoms with Crippen molar-refractivity contribution in [1.82, 2.24) is 0 Å². The van der Waals surface area contributed by atoms with Crippen molar-refractivity contribution in [3.05, 3.63) is 118 Å². The van der Waals surface area contributed by atoms with Gasteiger partial charge < -0.3 is 28.5 Å². The van der Waals surface area contributed by atoms with Crippen molar-refractivity contribution in [2.45, 2.75) is 13.8 Å². The number of rotatable bonds is 4. The minimum atomic E-state index is -0.453. The van der Waals surface area contributed by atoms with Gasteiger partial charge in [0.05, 0.1) is 21.9 Å². The molecule has 2 aromatic heterocycles. The van der Waals surface area contributed by atoms with Crippen molar-refractivity contribution in [1.29, 1.82) is 0 Å². The molecule has 0 aliphatic rings. The number of fused-ring (bicyclic) bond motifs is 2. The van der Waals surface area contributed by atoms with Gasteiger partial charge >= 0.3 is 11.9 Å². The topological polar surface area (TPSA) is 153 Å². The van der Waals surface area contributed by atoms with E-state index in [4.69, 9.17) is 18.3 Å². The smallest absolute Gasteiger partial charge is 0.308 e. The molecule has 4 aromatic carbocycles. The quantitative estimate of drug-likeness (QED) is 0.179. The molecule has 0 saturated carbocycles. The van der Waals surface area contributed by atoms with E-state index in [1.807, 2.05) is 0 Å². The Hall–Kier alpha value is -6.16. The molecule has 0 fully saturated rings. The summed E-state index contributed by atoms with van der Waals surface area (Å²) in [4.78, 5) is 46.9. The SMILES string of the molecule is CC(=O)Oc1ccc(-c2coc3cc(OC(C)=O)ccc3c2=O)cc1.O=c1c(-c2ccc(O)cc2)coc2cc(O)ccc12. The fourth-order valence-corrected chi connectivity index (χ4v) is 4.36. The zero-order chi connectivity index (χ0) is 31.4. The van der Waals surface area contributed by atoms with E-state index in [1.165, 1.54) is 68.8 Å². The Kier molecular flexibility index (Phi) is 8.25. The molecular weight excluding hydrogens is 568 g/mol. The maximum Gasteiger partial charge on any atom is 0.308 e. The van der Waals surface area contributed by atoms with Gasteiger partial charge in [0, 0.05) is 26.0 Å². The molecule has 44 heavy (non-hydrogen) atoms. The molecule has 10 heteroatoms. The highest BCUT2D eigenvalue weighted by atomic mass is 16.5. The van der Waals surface area contributed by atoms with Crippen LogP contribution in [0.5, 0.6) is 23.0 Å². The Bertz CT molecular complexity index is 2120. The Morgan fingerprint density at radius 2 is 1.00 bits per heavy atom. The Morgan fingerprint density at radius 1 is 0.568 bits per heavy atom. The number of aromatic hydroxyl groups is 2. The van der Waals surface area contributed by atoms with E-state index in [0.29, 0.717) is 55.7 Å². The first-order valence-corrected chi connectivity index (χ1v) is 13.2. The highest BCUT2D eigenvalue weighted by molar-refractivity contribution is 5.84. The molecule has 0 bridgehead atoms. The van der Waals surface area contributed by atoms with Crippen LogP contribution in [0.1, 0.15) is 13.8 Å². The number of phenolic OH excluding ortho intramolecular Hbond substituents is 2. The molecule has 220 valence electrons. The van der Waals surface area contributed by atoms with Gasteiger partial charge in [0.2, 0.25) is 0 Å². The monoisotopic (exact) mass is 592 g/mol. The lowest BCUT2D eigenvalue weighted by atomic mass is 10.1. The van der Waals surface area contributed by atoms with Crippen molar-refractivity contribution in [3.8, 4) is 45.3 Å². The van der Waals surface area contributed by atoms with Crippen LogP contribution in [0.3, 0.4) is 0 Å². The van der Waals surface area contributed by atoms with Crippen LogP contribution in [0.2, 0.25) is 0 Å². The summed E-state index contributed by atoms with van der Waals surface area (Å²) < 4.78 is 20.8. The van der Waals surface area contributed by atoms with Crippen LogP contribution in [0, 0.1) is 0 Å². The molecule has 0 radical (unpaired) electrons. The van der Waals surface area contributed by atoms with Gasteiger partial charge in [-0.1, -0.05) is 24.3 Å². The van der Waals surface area contributed by atoms with Gasteiger partial charge in [-0.15, -0.1) is 0 Å². The van der Waals surface area contributed by atoms with Crippen molar-refractivity contribution in [2.75, 3.05) is 0 Å². The van der Waals surface area contributed by atoms with Crippen molar-refractivity contribution < 1.29 is 38.1 Å². The van der Waals surface area contributed by atoms with Gasteiger partial charge in [-0.3, -0.25) is 19.2 Å². The molecular formula is C34H24O10. The van der Waals surface area contributed by atoms with E-state index in [2.05, 4.69) is 0 Å². The number of carbonyl (C=O) groups excluding carboxylic acids is 2. The number of benzene rings is 4. The molecule has 0 saturated heterocycles. The molecule has 10 nitrogen and oxygen atoms in total. The van der Waals surface area contributed by atoms with Gasteiger partial charge in [-0.25, -0.2) is 0 Å². The summed E-state index contributed by atoms with van der Waals surface area (Å²) in [5, 5.41) is 19.4. The third kappa shape index (κ3) is 6.50. The average molecular weight is 593 g/mol. The van der Waals surface area contributed by atoms with E-state index in [0.717, 1.165) is 0 Å². The summed E-state index contributed by atoms with van der Waals surface area (Å²) in [6.45, 7) is 2.61. The highest BCUT2D eigenvalue weighted by Crippen LogP contribution is 2.26. The largest absolute Gasteiger partial charge is 0.508 e. The van der Waals surface area contributed by atoms with Crippen LogP contribution in [0.25, 0.3) is 44.2 Å². The maximum absolute atomic E-state index is 12.7. The van der Waals surface area contributed by atoms with Crippen LogP contribution >= 0.6 is 0 Å². The summed E-state index contributed by atoms with van der Waals surface area (Å²) in [5.41, 5.74) is 2.37. The number of hydrogen-bond acceptors (Lipinski definition) is 10. The number of carbonyl (C=O) groups is 2. The predicted molar refractivity (Wildman–Crippen MR) is 162 cm³/mol. The lowest BCUT2D eigenvalue weighted by Crippen LogP contribution is -2.06. The molecule has 0 amide bonds. The fourth-order valence-electron chi connectivity index (χ4n) is 4.36. The van der Waals surface area contributed by atoms with Crippen LogP contribution in [0.4, 0.5) is 0 Å². The fraction of sp³-hybridized carbons (Fsp3) is 0.0588. The minimum Gasteiger partial charge on any atom is -0.508 e. The molecule has 0 spiro atoms. The van der Waals surface area contributed by atoms with E-state index < -0.39 is 11.9 Å². The van der Waals surface area contributed by atoms with Crippen LogP contribution in [0.15, 0.2) is 116 Å². The number of esters is 2. The van der Waals surface area contributed by atoms with Gasteiger partial charge in [0.25, 0.3) is 0 Å². The first-order valence-electron chi connectivity index (χ1n) is 13.2. The maximum atomic E-state index is 12.7. The summed E-state index contributed by atoms with van der Waals surface area (Å²) in [5.74, 6) is 0.0220. The molecule has 0 atom stereocenters. The van der Waals surface area contributed by atoms with E-state index in [9.17, 15) is 29.4 Å². The summed E-state index contributed by atoms with van der Waals surface area (Å²) in [6, 6.07) is 21.8.